The van der Waals surface area contributed by atoms with E-state index in [0.29, 0.717) is 17.1 Å². The fraction of sp³-hybridized carbons (Fsp3) is 0.273. The van der Waals surface area contributed by atoms with Crippen LogP contribution >= 0.6 is 0 Å². The van der Waals surface area contributed by atoms with E-state index in [-0.39, 0.29) is 6.61 Å². The third-order valence-electron chi connectivity index (χ3n) is 1.89. The maximum Gasteiger partial charge on any atom is 0.339 e. The van der Waals surface area contributed by atoms with Crippen molar-refractivity contribution >= 4 is 5.97 Å². The molecule has 0 saturated heterocycles. The van der Waals surface area contributed by atoms with Crippen molar-refractivity contribution in [2.24, 2.45) is 0 Å². The smallest absolute Gasteiger partial charge is 0.339 e. The minimum Gasteiger partial charge on any atom is -0.493 e. The largest absolute Gasteiger partial charge is 0.493 e. The molecule has 16 heavy (non-hydrogen) atoms. The average molecular weight is 221 g/mol. The molecule has 0 saturated carbocycles. The highest BCUT2D eigenvalue weighted by atomic mass is 16.5. The van der Waals surface area contributed by atoms with E-state index in [9.17, 15) is 4.79 Å². The summed E-state index contributed by atoms with van der Waals surface area (Å²) in [5, 5.41) is 8.27. The van der Waals surface area contributed by atoms with Crippen LogP contribution in [0.2, 0.25) is 0 Å². The van der Waals surface area contributed by atoms with Gasteiger partial charge in [0.25, 0.3) is 0 Å². The van der Waals surface area contributed by atoms with Gasteiger partial charge in [0, 0.05) is 0 Å². The summed E-state index contributed by atoms with van der Waals surface area (Å²) in [5.41, 5.74) is 0.313. The van der Waals surface area contributed by atoms with E-state index in [1.165, 1.54) is 20.3 Å². The number of hydrogen-bond acceptors (Lipinski definition) is 5. The van der Waals surface area contributed by atoms with Crippen LogP contribution in [-0.2, 0) is 4.74 Å². The molecule has 0 aromatic heterocycles. The number of nitriles is 1. The second-order valence-electron chi connectivity index (χ2n) is 2.80. The molecule has 1 aromatic carbocycles. The third-order valence-corrected chi connectivity index (χ3v) is 1.89. The van der Waals surface area contributed by atoms with Crippen LogP contribution in [-0.4, -0.2) is 26.8 Å². The van der Waals surface area contributed by atoms with Gasteiger partial charge in [0.1, 0.15) is 6.07 Å². The fourth-order valence-corrected chi connectivity index (χ4v) is 1.14. The molecule has 84 valence electrons. The number of carbonyl (C=O) groups is 1. The zero-order chi connectivity index (χ0) is 12.0. The second-order valence-corrected chi connectivity index (χ2v) is 2.80. The van der Waals surface area contributed by atoms with E-state index >= 15 is 0 Å². The lowest BCUT2D eigenvalue weighted by atomic mass is 10.2. The summed E-state index contributed by atoms with van der Waals surface area (Å²) >= 11 is 0. The molecule has 1 rings (SSSR count). The Bertz CT molecular complexity index is 422. The van der Waals surface area contributed by atoms with Crippen molar-refractivity contribution in [1.29, 1.82) is 5.26 Å². The Morgan fingerprint density at radius 3 is 2.56 bits per heavy atom. The average Bonchev–Trinajstić information content (AvgIpc) is 2.34. The first-order valence-corrected chi connectivity index (χ1v) is 4.49. The van der Waals surface area contributed by atoms with Crippen molar-refractivity contribution in [3.8, 4) is 17.6 Å². The number of hydrogen-bond donors (Lipinski definition) is 0. The Balaban J connectivity index is 2.91. The molecule has 5 heteroatoms. The summed E-state index contributed by atoms with van der Waals surface area (Å²) in [6, 6.07) is 6.36. The first-order valence-electron chi connectivity index (χ1n) is 4.49. The van der Waals surface area contributed by atoms with Gasteiger partial charge < -0.3 is 14.2 Å². The zero-order valence-corrected chi connectivity index (χ0v) is 9.02. The van der Waals surface area contributed by atoms with Gasteiger partial charge in [-0.15, -0.1) is 0 Å². The lowest BCUT2D eigenvalue weighted by Gasteiger charge is -2.08. The molecule has 0 aliphatic rings. The van der Waals surface area contributed by atoms with Crippen LogP contribution in [0.1, 0.15) is 10.4 Å². The van der Waals surface area contributed by atoms with Crippen LogP contribution in [0.25, 0.3) is 0 Å². The van der Waals surface area contributed by atoms with Gasteiger partial charge in [0.05, 0.1) is 19.8 Å². The molecule has 0 aliphatic carbocycles. The van der Waals surface area contributed by atoms with Gasteiger partial charge in [-0.1, -0.05) is 0 Å². The van der Waals surface area contributed by atoms with Crippen LogP contribution in [0, 0.1) is 11.3 Å². The molecule has 0 aliphatic heterocycles. The SMILES string of the molecule is COc1ccc(C(=O)OCC#N)cc1OC. The van der Waals surface area contributed by atoms with E-state index in [1.54, 1.807) is 18.2 Å². The third kappa shape index (κ3) is 2.64. The Morgan fingerprint density at radius 1 is 1.31 bits per heavy atom. The van der Waals surface area contributed by atoms with Crippen molar-refractivity contribution < 1.29 is 19.0 Å². The lowest BCUT2D eigenvalue weighted by molar-refractivity contribution is 0.0554. The molecule has 0 unspecified atom stereocenters. The zero-order valence-electron chi connectivity index (χ0n) is 9.02. The number of ether oxygens (including phenoxy) is 3. The molecule has 0 fully saturated rings. The van der Waals surface area contributed by atoms with Gasteiger partial charge >= 0.3 is 5.97 Å². The Hall–Kier alpha value is -2.22. The highest BCUT2D eigenvalue weighted by Gasteiger charge is 2.11. The monoisotopic (exact) mass is 221 g/mol. The highest BCUT2D eigenvalue weighted by Crippen LogP contribution is 2.27. The summed E-state index contributed by atoms with van der Waals surface area (Å²) in [4.78, 5) is 11.4. The molecule has 0 bridgehead atoms. The first-order chi connectivity index (χ1) is 7.72. The maximum absolute atomic E-state index is 11.4. The molecule has 0 heterocycles. The standard InChI is InChI=1S/C11H11NO4/c1-14-9-4-3-8(7-10(9)15-2)11(13)16-6-5-12/h3-4,7H,6H2,1-2H3. The molecule has 1 aromatic rings. The Kier molecular flexibility index (Phi) is 4.16. The van der Waals surface area contributed by atoms with Crippen LogP contribution < -0.4 is 9.47 Å². The maximum atomic E-state index is 11.4. The number of rotatable bonds is 4. The minimum atomic E-state index is -0.567. The predicted molar refractivity (Wildman–Crippen MR) is 55.4 cm³/mol. The topological polar surface area (TPSA) is 68.5 Å². The van der Waals surface area contributed by atoms with Crippen molar-refractivity contribution in [2.45, 2.75) is 0 Å². The fourth-order valence-electron chi connectivity index (χ4n) is 1.14. The first kappa shape index (κ1) is 11.9. The Labute approximate surface area is 93.2 Å². The van der Waals surface area contributed by atoms with Crippen LogP contribution in [0.3, 0.4) is 0 Å². The van der Waals surface area contributed by atoms with Gasteiger partial charge in [-0.05, 0) is 18.2 Å². The van der Waals surface area contributed by atoms with Crippen molar-refractivity contribution in [3.05, 3.63) is 23.8 Å². The summed E-state index contributed by atoms with van der Waals surface area (Å²) in [6.45, 7) is -0.271. The molecular weight excluding hydrogens is 210 g/mol. The number of nitrogens with zero attached hydrogens (tertiary/aromatic N) is 1. The minimum absolute atomic E-state index is 0.271. The molecule has 0 radical (unpaired) electrons. The van der Waals surface area contributed by atoms with Crippen molar-refractivity contribution in [1.82, 2.24) is 0 Å². The van der Waals surface area contributed by atoms with E-state index in [0.717, 1.165) is 0 Å². The number of esters is 1. The molecule has 5 nitrogen and oxygen atoms in total. The van der Waals surface area contributed by atoms with Gasteiger partial charge in [0.15, 0.2) is 18.1 Å². The number of methoxy groups -OCH3 is 2. The second kappa shape index (κ2) is 5.61. The van der Waals surface area contributed by atoms with E-state index < -0.39 is 5.97 Å². The van der Waals surface area contributed by atoms with E-state index in [1.807, 2.05) is 0 Å². The quantitative estimate of drug-likeness (QED) is 0.718. The number of carbonyl (C=O) groups excluding carboxylic acids is 1. The van der Waals surface area contributed by atoms with Crippen LogP contribution in [0.15, 0.2) is 18.2 Å². The summed E-state index contributed by atoms with van der Waals surface area (Å²) in [5.74, 6) is 0.399. The van der Waals surface area contributed by atoms with Gasteiger partial charge in [-0.25, -0.2) is 4.79 Å². The predicted octanol–water partition coefficient (Wildman–Crippen LogP) is 1.38. The summed E-state index contributed by atoms with van der Waals surface area (Å²) in [6.07, 6.45) is 0. The molecule has 0 amide bonds. The van der Waals surface area contributed by atoms with Crippen molar-refractivity contribution in [3.63, 3.8) is 0 Å². The highest BCUT2D eigenvalue weighted by molar-refractivity contribution is 5.90. The van der Waals surface area contributed by atoms with Crippen molar-refractivity contribution in [2.75, 3.05) is 20.8 Å². The van der Waals surface area contributed by atoms with Crippen LogP contribution in [0.5, 0.6) is 11.5 Å². The molecule has 0 spiro atoms. The normalized spacial score (nSPS) is 9.06. The van der Waals surface area contributed by atoms with Crippen LogP contribution in [0.4, 0.5) is 0 Å². The summed E-state index contributed by atoms with van der Waals surface area (Å²) in [7, 11) is 2.98. The van der Waals surface area contributed by atoms with Gasteiger partial charge in [-0.2, -0.15) is 5.26 Å². The van der Waals surface area contributed by atoms with E-state index in [2.05, 4.69) is 4.74 Å². The lowest BCUT2D eigenvalue weighted by Crippen LogP contribution is -2.05. The molecule has 0 atom stereocenters. The van der Waals surface area contributed by atoms with Gasteiger partial charge in [-0.3, -0.25) is 0 Å². The number of benzene rings is 1. The van der Waals surface area contributed by atoms with Gasteiger partial charge in [0.2, 0.25) is 0 Å². The Morgan fingerprint density at radius 2 is 2.00 bits per heavy atom. The van der Waals surface area contributed by atoms with E-state index in [4.69, 9.17) is 14.7 Å². The molecular formula is C11H11NO4. The summed E-state index contributed by atoms with van der Waals surface area (Å²) < 4.78 is 14.7. The molecule has 0 N–H and O–H groups in total.